The highest BCUT2D eigenvalue weighted by Gasteiger charge is 2.28. The molecule has 158 valence electrons. The van der Waals surface area contributed by atoms with Crippen molar-refractivity contribution >= 4 is 5.96 Å². The molecule has 28 heavy (non-hydrogen) atoms. The summed E-state index contributed by atoms with van der Waals surface area (Å²) in [6.45, 7) is 8.66. The van der Waals surface area contributed by atoms with Gasteiger partial charge in [0.2, 0.25) is 0 Å². The zero-order valence-corrected chi connectivity index (χ0v) is 18.6. The third-order valence-corrected chi connectivity index (χ3v) is 5.69. The molecule has 1 aromatic rings. The maximum absolute atomic E-state index is 5.39. The minimum absolute atomic E-state index is 0.117. The van der Waals surface area contributed by atoms with Crippen molar-refractivity contribution in [3.8, 4) is 5.75 Å². The van der Waals surface area contributed by atoms with Crippen LogP contribution < -0.4 is 15.4 Å². The second-order valence-corrected chi connectivity index (χ2v) is 8.42. The summed E-state index contributed by atoms with van der Waals surface area (Å²) in [4.78, 5) is 9.24. The lowest BCUT2D eigenvalue weighted by Gasteiger charge is -2.41. The first-order valence-corrected chi connectivity index (χ1v) is 10.4. The minimum atomic E-state index is 0.117. The molecule has 1 aliphatic rings. The highest BCUT2D eigenvalue weighted by molar-refractivity contribution is 5.79. The standard InChI is InChI=1S/C22H39N5O/c1-22(2,27-13-8-7-9-14-27)17-25-21(23-3)24-16-20(26(4)5)18-11-10-12-19(15-18)28-6/h10-12,15,20H,7-9,13-14,16-17H2,1-6H3,(H2,23,24,25). The number of rotatable bonds is 8. The summed E-state index contributed by atoms with van der Waals surface area (Å²) in [5, 5.41) is 7.03. The molecule has 0 aromatic heterocycles. The van der Waals surface area contributed by atoms with Crippen LogP contribution in [0.15, 0.2) is 29.3 Å². The molecule has 0 bridgehead atoms. The van der Waals surface area contributed by atoms with Gasteiger partial charge in [-0.05, 0) is 71.6 Å². The van der Waals surface area contributed by atoms with Gasteiger partial charge in [-0.1, -0.05) is 18.6 Å². The Balaban J connectivity index is 1.93. The Labute approximate surface area is 171 Å². The van der Waals surface area contributed by atoms with Crippen molar-refractivity contribution in [1.82, 2.24) is 20.4 Å². The lowest BCUT2D eigenvalue weighted by molar-refractivity contribution is 0.0982. The summed E-state index contributed by atoms with van der Waals surface area (Å²) < 4.78 is 5.39. The Kier molecular flexibility index (Phi) is 8.58. The molecule has 1 atom stereocenters. The quantitative estimate of drug-likeness (QED) is 0.529. The molecule has 1 aliphatic heterocycles. The lowest BCUT2D eigenvalue weighted by atomic mass is 9.98. The van der Waals surface area contributed by atoms with E-state index in [0.717, 1.165) is 24.8 Å². The van der Waals surface area contributed by atoms with Crippen LogP contribution in [0.5, 0.6) is 5.75 Å². The van der Waals surface area contributed by atoms with Gasteiger partial charge in [0.05, 0.1) is 13.2 Å². The highest BCUT2D eigenvalue weighted by atomic mass is 16.5. The first-order chi connectivity index (χ1) is 13.4. The average Bonchev–Trinajstić information content (AvgIpc) is 2.71. The Morgan fingerprint density at radius 3 is 2.54 bits per heavy atom. The van der Waals surface area contributed by atoms with Gasteiger partial charge in [0.1, 0.15) is 5.75 Å². The average molecular weight is 390 g/mol. The lowest BCUT2D eigenvalue weighted by Crippen LogP contribution is -2.55. The van der Waals surface area contributed by atoms with Crippen LogP contribution in [0, 0.1) is 0 Å². The number of likely N-dealkylation sites (N-methyl/N-ethyl adjacent to an activating group) is 1. The van der Waals surface area contributed by atoms with Crippen LogP contribution in [0.1, 0.15) is 44.7 Å². The number of ether oxygens (including phenoxy) is 1. The molecular formula is C22H39N5O. The van der Waals surface area contributed by atoms with Crippen LogP contribution in [-0.4, -0.2) is 75.7 Å². The van der Waals surface area contributed by atoms with Crippen molar-refractivity contribution in [3.05, 3.63) is 29.8 Å². The second-order valence-electron chi connectivity index (χ2n) is 8.42. The summed E-state index contributed by atoms with van der Waals surface area (Å²) >= 11 is 0. The van der Waals surface area contributed by atoms with E-state index in [1.807, 2.05) is 19.2 Å². The van der Waals surface area contributed by atoms with E-state index in [4.69, 9.17) is 4.74 Å². The summed E-state index contributed by atoms with van der Waals surface area (Å²) in [5.74, 6) is 1.73. The normalized spacial score (nSPS) is 17.5. The highest BCUT2D eigenvalue weighted by Crippen LogP contribution is 2.22. The zero-order chi connectivity index (χ0) is 20.6. The fourth-order valence-corrected chi connectivity index (χ4v) is 3.77. The molecule has 2 rings (SSSR count). The van der Waals surface area contributed by atoms with Gasteiger partial charge in [-0.15, -0.1) is 0 Å². The summed E-state index contributed by atoms with van der Waals surface area (Å²) in [6, 6.07) is 8.49. The molecule has 0 amide bonds. The van der Waals surface area contributed by atoms with Gasteiger partial charge in [-0.25, -0.2) is 0 Å². The molecule has 0 spiro atoms. The van der Waals surface area contributed by atoms with Crippen molar-refractivity contribution in [2.24, 2.45) is 4.99 Å². The second kappa shape index (κ2) is 10.7. The smallest absolute Gasteiger partial charge is 0.191 e. The van der Waals surface area contributed by atoms with E-state index in [1.54, 1.807) is 7.11 Å². The number of aliphatic imine (C=N–C) groups is 1. The molecule has 1 fully saturated rings. The van der Waals surface area contributed by atoms with E-state index in [9.17, 15) is 0 Å². The van der Waals surface area contributed by atoms with Gasteiger partial charge in [0, 0.05) is 25.7 Å². The predicted octanol–water partition coefficient (Wildman–Crippen LogP) is 2.73. The first-order valence-electron chi connectivity index (χ1n) is 10.4. The van der Waals surface area contributed by atoms with E-state index >= 15 is 0 Å². The van der Waals surface area contributed by atoms with Crippen molar-refractivity contribution in [3.63, 3.8) is 0 Å². The number of nitrogens with one attached hydrogen (secondary N) is 2. The summed E-state index contributed by atoms with van der Waals surface area (Å²) in [5.41, 5.74) is 1.34. The summed E-state index contributed by atoms with van der Waals surface area (Å²) in [7, 11) is 7.74. The Morgan fingerprint density at radius 2 is 1.93 bits per heavy atom. The first kappa shape index (κ1) is 22.5. The number of guanidine groups is 1. The molecular weight excluding hydrogens is 350 g/mol. The van der Waals surface area contributed by atoms with Crippen molar-refractivity contribution in [2.45, 2.75) is 44.7 Å². The maximum atomic E-state index is 5.39. The number of hydrogen-bond donors (Lipinski definition) is 2. The fraction of sp³-hybridized carbons (Fsp3) is 0.682. The van der Waals surface area contributed by atoms with Gasteiger partial charge in [0.25, 0.3) is 0 Å². The molecule has 0 radical (unpaired) electrons. The number of nitrogens with zero attached hydrogens (tertiary/aromatic N) is 3. The van der Waals surface area contributed by atoms with Crippen LogP contribution in [0.3, 0.4) is 0 Å². The Hall–Kier alpha value is -1.79. The maximum Gasteiger partial charge on any atom is 0.191 e. The van der Waals surface area contributed by atoms with Gasteiger partial charge in [-0.2, -0.15) is 0 Å². The molecule has 0 saturated carbocycles. The molecule has 0 aliphatic carbocycles. The van der Waals surface area contributed by atoms with E-state index in [2.05, 4.69) is 65.5 Å². The van der Waals surface area contributed by atoms with Crippen LogP contribution in [-0.2, 0) is 0 Å². The van der Waals surface area contributed by atoms with Gasteiger partial charge < -0.3 is 20.3 Å². The Morgan fingerprint density at radius 1 is 1.21 bits per heavy atom. The number of hydrogen-bond acceptors (Lipinski definition) is 4. The fourth-order valence-electron chi connectivity index (χ4n) is 3.77. The largest absolute Gasteiger partial charge is 0.497 e. The van der Waals surface area contributed by atoms with Crippen LogP contribution in [0.2, 0.25) is 0 Å². The number of methoxy groups -OCH3 is 1. The zero-order valence-electron chi connectivity index (χ0n) is 18.6. The molecule has 1 unspecified atom stereocenters. The molecule has 1 heterocycles. The van der Waals surface area contributed by atoms with Gasteiger partial charge >= 0.3 is 0 Å². The third kappa shape index (κ3) is 6.38. The Bertz CT molecular complexity index is 623. The van der Waals surface area contributed by atoms with E-state index in [1.165, 1.54) is 37.9 Å². The van der Waals surface area contributed by atoms with Crippen molar-refractivity contribution < 1.29 is 4.74 Å². The number of piperidine rings is 1. The van der Waals surface area contributed by atoms with Crippen LogP contribution >= 0.6 is 0 Å². The summed E-state index contributed by atoms with van der Waals surface area (Å²) in [6.07, 6.45) is 3.97. The topological polar surface area (TPSA) is 52.1 Å². The van der Waals surface area contributed by atoms with E-state index < -0.39 is 0 Å². The molecule has 2 N–H and O–H groups in total. The number of likely N-dealkylation sites (tertiary alicyclic amines) is 1. The van der Waals surface area contributed by atoms with Gasteiger partial charge in [0.15, 0.2) is 5.96 Å². The monoisotopic (exact) mass is 389 g/mol. The van der Waals surface area contributed by atoms with E-state index in [0.29, 0.717) is 0 Å². The van der Waals surface area contributed by atoms with Crippen molar-refractivity contribution in [2.75, 3.05) is 54.4 Å². The molecule has 1 saturated heterocycles. The number of benzene rings is 1. The van der Waals surface area contributed by atoms with Crippen molar-refractivity contribution in [1.29, 1.82) is 0 Å². The molecule has 1 aromatic carbocycles. The molecule has 6 nitrogen and oxygen atoms in total. The van der Waals surface area contributed by atoms with Gasteiger partial charge in [-0.3, -0.25) is 9.89 Å². The van der Waals surface area contributed by atoms with Crippen LogP contribution in [0.4, 0.5) is 0 Å². The minimum Gasteiger partial charge on any atom is -0.497 e. The SMILES string of the molecule is CN=C(NCC(c1cccc(OC)c1)N(C)C)NCC(C)(C)N1CCCCC1. The molecule has 6 heteroatoms. The van der Waals surface area contributed by atoms with Crippen LogP contribution in [0.25, 0.3) is 0 Å². The third-order valence-electron chi connectivity index (χ3n) is 5.69. The predicted molar refractivity (Wildman–Crippen MR) is 118 cm³/mol. The van der Waals surface area contributed by atoms with E-state index in [-0.39, 0.29) is 11.6 Å².